The Kier molecular flexibility index (Phi) is 2.45. The fourth-order valence-corrected chi connectivity index (χ4v) is 2.40. The van der Waals surface area contributed by atoms with Crippen molar-refractivity contribution < 1.29 is 13.5 Å². The summed E-state index contributed by atoms with van der Waals surface area (Å²) in [7, 11) is -3.38. The second-order valence-electron chi connectivity index (χ2n) is 3.12. The van der Waals surface area contributed by atoms with E-state index in [0.29, 0.717) is 5.52 Å². The van der Waals surface area contributed by atoms with E-state index in [1.807, 2.05) is 0 Å². The fraction of sp³-hybridized carbons (Fsp3) is 0.222. The zero-order valence-corrected chi connectivity index (χ0v) is 8.66. The van der Waals surface area contributed by atoms with E-state index >= 15 is 0 Å². The minimum atomic E-state index is -3.38. The molecule has 0 fully saturated rings. The number of imidazole rings is 1. The molecule has 1 aromatic carbocycles. The van der Waals surface area contributed by atoms with Gasteiger partial charge in [-0.1, -0.05) is 0 Å². The molecule has 0 aliphatic rings. The molecule has 2 rings (SSSR count). The summed E-state index contributed by atoms with van der Waals surface area (Å²) in [6, 6.07) is 4.65. The number of aromatic nitrogens is 2. The highest BCUT2D eigenvalue weighted by molar-refractivity contribution is 7.91. The van der Waals surface area contributed by atoms with Crippen LogP contribution < -0.4 is 0 Å². The Morgan fingerprint density at radius 1 is 1.40 bits per heavy atom. The van der Waals surface area contributed by atoms with Crippen LogP contribution in [0, 0.1) is 0 Å². The van der Waals surface area contributed by atoms with Gasteiger partial charge in [-0.05, 0) is 18.2 Å². The van der Waals surface area contributed by atoms with E-state index in [2.05, 4.69) is 9.97 Å². The standard InChI is InChI=1S/C9H10N2O3S/c12-3-4-15(13,14)7-1-2-8-9(5-7)11-6-10-8/h1-2,5-6,12H,3-4H2,(H,10,11). The predicted molar refractivity (Wildman–Crippen MR) is 55.2 cm³/mol. The highest BCUT2D eigenvalue weighted by Crippen LogP contribution is 2.16. The normalized spacial score (nSPS) is 12.1. The van der Waals surface area contributed by atoms with E-state index < -0.39 is 9.84 Å². The van der Waals surface area contributed by atoms with Gasteiger partial charge in [-0.15, -0.1) is 0 Å². The Labute approximate surface area is 86.7 Å². The monoisotopic (exact) mass is 226 g/mol. The molecule has 0 unspecified atom stereocenters. The van der Waals surface area contributed by atoms with Crippen molar-refractivity contribution in [2.45, 2.75) is 4.90 Å². The van der Waals surface area contributed by atoms with Crippen LogP contribution >= 0.6 is 0 Å². The molecule has 80 valence electrons. The number of rotatable bonds is 3. The van der Waals surface area contributed by atoms with Crippen molar-refractivity contribution in [1.82, 2.24) is 9.97 Å². The lowest BCUT2D eigenvalue weighted by atomic mass is 10.3. The molecule has 1 aromatic heterocycles. The molecule has 0 radical (unpaired) electrons. The maximum atomic E-state index is 11.6. The Morgan fingerprint density at radius 2 is 2.20 bits per heavy atom. The molecule has 6 heteroatoms. The van der Waals surface area contributed by atoms with Gasteiger partial charge in [0.25, 0.3) is 0 Å². The summed E-state index contributed by atoms with van der Waals surface area (Å²) < 4.78 is 23.2. The number of fused-ring (bicyclic) bond motifs is 1. The van der Waals surface area contributed by atoms with Gasteiger partial charge in [0.15, 0.2) is 9.84 Å². The fourth-order valence-electron chi connectivity index (χ4n) is 1.35. The van der Waals surface area contributed by atoms with Crippen molar-refractivity contribution in [1.29, 1.82) is 0 Å². The SMILES string of the molecule is O=S(=O)(CCO)c1ccc2nc[nH]c2c1. The number of aliphatic hydroxyl groups is 1. The van der Waals surface area contributed by atoms with Crippen LogP contribution in [0.5, 0.6) is 0 Å². The summed E-state index contributed by atoms with van der Waals surface area (Å²) in [5, 5.41) is 8.64. The first-order valence-electron chi connectivity index (χ1n) is 4.40. The first-order valence-corrected chi connectivity index (χ1v) is 6.05. The first kappa shape index (κ1) is 10.1. The molecular formula is C9H10N2O3S. The number of benzene rings is 1. The number of aliphatic hydroxyl groups excluding tert-OH is 1. The smallest absolute Gasteiger partial charge is 0.180 e. The molecule has 2 N–H and O–H groups in total. The summed E-state index contributed by atoms with van der Waals surface area (Å²) in [6.45, 7) is -0.372. The Hall–Kier alpha value is -1.40. The van der Waals surface area contributed by atoms with Crippen molar-refractivity contribution in [3.8, 4) is 0 Å². The average Bonchev–Trinajstić information content (AvgIpc) is 2.63. The van der Waals surface area contributed by atoms with Gasteiger partial charge in [0, 0.05) is 0 Å². The number of hydrogen-bond donors (Lipinski definition) is 2. The Morgan fingerprint density at radius 3 is 2.93 bits per heavy atom. The van der Waals surface area contributed by atoms with Gasteiger partial charge in [0.05, 0.1) is 34.6 Å². The lowest BCUT2D eigenvalue weighted by Gasteiger charge is -2.01. The van der Waals surface area contributed by atoms with Crippen LogP contribution in [0.15, 0.2) is 29.4 Å². The van der Waals surface area contributed by atoms with Gasteiger partial charge in [0.2, 0.25) is 0 Å². The molecule has 2 aromatic rings. The zero-order chi connectivity index (χ0) is 10.9. The van der Waals surface area contributed by atoms with E-state index in [9.17, 15) is 8.42 Å². The number of hydrogen-bond acceptors (Lipinski definition) is 4. The lowest BCUT2D eigenvalue weighted by molar-refractivity contribution is 0.319. The van der Waals surface area contributed by atoms with Crippen molar-refractivity contribution in [3.05, 3.63) is 24.5 Å². The predicted octanol–water partition coefficient (Wildman–Crippen LogP) is 0.329. The lowest BCUT2D eigenvalue weighted by Crippen LogP contribution is -2.09. The summed E-state index contributed by atoms with van der Waals surface area (Å²) in [4.78, 5) is 7.03. The van der Waals surface area contributed by atoms with Crippen LogP contribution in [0.4, 0.5) is 0 Å². The largest absolute Gasteiger partial charge is 0.395 e. The highest BCUT2D eigenvalue weighted by Gasteiger charge is 2.14. The van der Waals surface area contributed by atoms with E-state index in [0.717, 1.165) is 5.52 Å². The van der Waals surface area contributed by atoms with Crippen molar-refractivity contribution in [3.63, 3.8) is 0 Å². The minimum Gasteiger partial charge on any atom is -0.395 e. The van der Waals surface area contributed by atoms with E-state index in [4.69, 9.17) is 5.11 Å². The van der Waals surface area contributed by atoms with Gasteiger partial charge in [-0.3, -0.25) is 0 Å². The van der Waals surface area contributed by atoms with Gasteiger partial charge in [0.1, 0.15) is 0 Å². The van der Waals surface area contributed by atoms with Crippen LogP contribution in [0.3, 0.4) is 0 Å². The van der Waals surface area contributed by atoms with Crippen molar-refractivity contribution >= 4 is 20.9 Å². The van der Waals surface area contributed by atoms with Crippen LogP contribution in [-0.2, 0) is 9.84 Å². The van der Waals surface area contributed by atoms with E-state index in [1.165, 1.54) is 18.5 Å². The third kappa shape index (κ3) is 1.86. The number of sulfone groups is 1. The number of nitrogens with one attached hydrogen (secondary N) is 1. The maximum absolute atomic E-state index is 11.6. The Bertz CT molecular complexity index is 574. The van der Waals surface area contributed by atoms with Gasteiger partial charge in [-0.25, -0.2) is 13.4 Å². The van der Waals surface area contributed by atoms with E-state index in [1.54, 1.807) is 6.07 Å². The Balaban J connectivity index is 2.52. The van der Waals surface area contributed by atoms with Gasteiger partial charge >= 0.3 is 0 Å². The summed E-state index contributed by atoms with van der Waals surface area (Å²) in [6.07, 6.45) is 1.51. The maximum Gasteiger partial charge on any atom is 0.180 e. The van der Waals surface area contributed by atoms with Crippen LogP contribution in [0.2, 0.25) is 0 Å². The number of nitrogens with zero attached hydrogens (tertiary/aromatic N) is 1. The molecule has 0 spiro atoms. The van der Waals surface area contributed by atoms with Crippen LogP contribution in [0.1, 0.15) is 0 Å². The second-order valence-corrected chi connectivity index (χ2v) is 5.23. The third-order valence-corrected chi connectivity index (χ3v) is 3.80. The molecule has 0 aliphatic heterocycles. The highest BCUT2D eigenvalue weighted by atomic mass is 32.2. The molecule has 0 bridgehead atoms. The van der Waals surface area contributed by atoms with Crippen LogP contribution in [-0.4, -0.2) is 35.9 Å². The molecule has 0 atom stereocenters. The molecule has 5 nitrogen and oxygen atoms in total. The van der Waals surface area contributed by atoms with Crippen LogP contribution in [0.25, 0.3) is 11.0 Å². The second kappa shape index (κ2) is 3.63. The molecule has 0 aliphatic carbocycles. The molecular weight excluding hydrogens is 216 g/mol. The van der Waals surface area contributed by atoms with E-state index in [-0.39, 0.29) is 17.3 Å². The molecule has 15 heavy (non-hydrogen) atoms. The van der Waals surface area contributed by atoms with Crippen molar-refractivity contribution in [2.75, 3.05) is 12.4 Å². The summed E-state index contributed by atoms with van der Waals surface area (Å²) in [5.74, 6) is -0.257. The number of aromatic amines is 1. The first-order chi connectivity index (χ1) is 7.13. The topological polar surface area (TPSA) is 83.1 Å². The van der Waals surface area contributed by atoms with Crippen molar-refractivity contribution in [2.24, 2.45) is 0 Å². The van der Waals surface area contributed by atoms with Gasteiger partial charge < -0.3 is 10.1 Å². The third-order valence-electron chi connectivity index (χ3n) is 2.11. The summed E-state index contributed by atoms with van der Waals surface area (Å²) >= 11 is 0. The average molecular weight is 226 g/mol. The quantitative estimate of drug-likeness (QED) is 0.790. The number of H-pyrrole nitrogens is 1. The summed E-state index contributed by atoms with van der Waals surface area (Å²) in [5.41, 5.74) is 1.40. The molecule has 0 saturated carbocycles. The van der Waals surface area contributed by atoms with Gasteiger partial charge in [-0.2, -0.15) is 0 Å². The zero-order valence-electron chi connectivity index (χ0n) is 7.84. The minimum absolute atomic E-state index is 0.202. The molecule has 0 saturated heterocycles. The molecule has 0 amide bonds. The molecule has 1 heterocycles.